The highest BCUT2D eigenvalue weighted by atomic mass is 32.2. The number of carbonyl (C=O) groups is 1. The quantitative estimate of drug-likeness (QED) is 0.876. The number of benzene rings is 1. The van der Waals surface area contributed by atoms with E-state index in [2.05, 4.69) is 19.2 Å². The predicted octanol–water partition coefficient (Wildman–Crippen LogP) is 3.08. The number of nitrogens with zero attached hydrogens (tertiary/aromatic N) is 1. The molecule has 0 spiro atoms. The van der Waals surface area contributed by atoms with Gasteiger partial charge in [-0.25, -0.2) is 13.8 Å². The first-order valence-electron chi connectivity index (χ1n) is 6.81. The van der Waals surface area contributed by atoms with Crippen LogP contribution in [0.25, 0.3) is 0 Å². The molecule has 5 nitrogen and oxygen atoms in total. The Morgan fingerprint density at radius 1 is 1.29 bits per heavy atom. The van der Waals surface area contributed by atoms with E-state index in [1.54, 1.807) is 24.3 Å². The summed E-state index contributed by atoms with van der Waals surface area (Å²) < 4.78 is 19.1. The molecule has 116 valence electrons. The van der Waals surface area contributed by atoms with Gasteiger partial charge in [0.1, 0.15) is 0 Å². The number of thioether (sulfide) groups is 1. The Balaban J connectivity index is 2.03. The SMILES string of the molecule is CC1CN(C(=O)Nc2ccc(S(C)(=N)=O)cc2)CC(C)S1. The van der Waals surface area contributed by atoms with Crippen LogP contribution in [0.5, 0.6) is 0 Å². The van der Waals surface area contributed by atoms with Gasteiger partial charge in [0.2, 0.25) is 0 Å². The lowest BCUT2D eigenvalue weighted by molar-refractivity contribution is 0.211. The molecule has 2 N–H and O–H groups in total. The fourth-order valence-corrected chi connectivity index (χ4v) is 4.32. The fourth-order valence-electron chi connectivity index (χ4n) is 2.34. The van der Waals surface area contributed by atoms with Gasteiger partial charge in [-0.05, 0) is 24.3 Å². The second-order valence-corrected chi connectivity index (χ2v) is 9.50. The summed E-state index contributed by atoms with van der Waals surface area (Å²) in [6.45, 7) is 5.74. The highest BCUT2D eigenvalue weighted by Crippen LogP contribution is 2.25. The van der Waals surface area contributed by atoms with Gasteiger partial charge in [-0.3, -0.25) is 0 Å². The molecule has 7 heteroatoms. The minimum absolute atomic E-state index is 0.107. The summed E-state index contributed by atoms with van der Waals surface area (Å²) in [7, 11) is -2.71. The molecule has 1 aromatic carbocycles. The van der Waals surface area contributed by atoms with Crippen LogP contribution in [-0.2, 0) is 9.73 Å². The van der Waals surface area contributed by atoms with Gasteiger partial charge in [-0.2, -0.15) is 11.8 Å². The smallest absolute Gasteiger partial charge is 0.321 e. The largest absolute Gasteiger partial charge is 0.322 e. The number of carbonyl (C=O) groups excluding carboxylic acids is 1. The average Bonchev–Trinajstić information content (AvgIpc) is 2.37. The molecule has 1 fully saturated rings. The number of hydrogen-bond acceptors (Lipinski definition) is 4. The third kappa shape index (κ3) is 4.38. The van der Waals surface area contributed by atoms with Crippen LogP contribution in [0.15, 0.2) is 29.2 Å². The topological polar surface area (TPSA) is 73.3 Å². The first kappa shape index (κ1) is 16.2. The third-order valence-electron chi connectivity index (χ3n) is 3.26. The van der Waals surface area contributed by atoms with Crippen molar-refractivity contribution in [2.24, 2.45) is 0 Å². The second kappa shape index (κ2) is 6.27. The average molecular weight is 327 g/mol. The minimum atomic E-state index is -2.71. The van der Waals surface area contributed by atoms with Crippen LogP contribution in [0.4, 0.5) is 10.5 Å². The summed E-state index contributed by atoms with van der Waals surface area (Å²) in [6, 6.07) is 6.53. The monoisotopic (exact) mass is 327 g/mol. The summed E-state index contributed by atoms with van der Waals surface area (Å²) in [6.07, 6.45) is 1.38. The van der Waals surface area contributed by atoms with Crippen molar-refractivity contribution in [1.29, 1.82) is 4.78 Å². The summed E-state index contributed by atoms with van der Waals surface area (Å²) in [5.74, 6) is 0. The molecule has 1 saturated heterocycles. The van der Waals surface area contributed by atoms with Crippen LogP contribution in [-0.4, -0.2) is 45.0 Å². The molecule has 3 atom stereocenters. The molecule has 21 heavy (non-hydrogen) atoms. The first-order valence-corrected chi connectivity index (χ1v) is 9.72. The van der Waals surface area contributed by atoms with Gasteiger partial charge < -0.3 is 10.2 Å². The van der Waals surface area contributed by atoms with Crippen LogP contribution in [0.3, 0.4) is 0 Å². The molecule has 1 heterocycles. The van der Waals surface area contributed by atoms with Crippen LogP contribution >= 0.6 is 11.8 Å². The van der Waals surface area contributed by atoms with Crippen LogP contribution < -0.4 is 5.32 Å². The van der Waals surface area contributed by atoms with Gasteiger partial charge in [0.05, 0.1) is 9.73 Å². The van der Waals surface area contributed by atoms with Crippen LogP contribution in [0, 0.1) is 4.78 Å². The Morgan fingerprint density at radius 3 is 2.29 bits per heavy atom. The Morgan fingerprint density at radius 2 is 1.81 bits per heavy atom. The van der Waals surface area contributed by atoms with Crippen molar-refractivity contribution >= 4 is 33.2 Å². The van der Waals surface area contributed by atoms with E-state index in [1.807, 2.05) is 16.7 Å². The third-order valence-corrected chi connectivity index (χ3v) is 5.66. The lowest BCUT2D eigenvalue weighted by Gasteiger charge is -2.34. The Hall–Kier alpha value is -1.21. The van der Waals surface area contributed by atoms with Crippen molar-refractivity contribution in [2.45, 2.75) is 29.2 Å². The normalized spacial score (nSPS) is 25.2. The molecule has 0 aliphatic carbocycles. The summed E-state index contributed by atoms with van der Waals surface area (Å²) in [4.78, 5) is 14.5. The van der Waals surface area contributed by atoms with Crippen molar-refractivity contribution in [3.63, 3.8) is 0 Å². The van der Waals surface area contributed by atoms with Crippen molar-refractivity contribution in [2.75, 3.05) is 24.7 Å². The zero-order valence-corrected chi connectivity index (χ0v) is 14.1. The van der Waals surface area contributed by atoms with Crippen molar-refractivity contribution < 1.29 is 9.00 Å². The molecule has 1 aliphatic heterocycles. The molecular formula is C14H21N3O2S2. The van der Waals surface area contributed by atoms with E-state index in [0.717, 1.165) is 13.1 Å². The molecule has 2 rings (SSSR count). The maximum absolute atomic E-state index is 12.3. The summed E-state index contributed by atoms with van der Waals surface area (Å²) >= 11 is 1.90. The number of hydrogen-bond donors (Lipinski definition) is 2. The van der Waals surface area contributed by atoms with Crippen molar-refractivity contribution in [3.8, 4) is 0 Å². The number of anilines is 1. The zero-order chi connectivity index (χ0) is 15.6. The van der Waals surface area contributed by atoms with E-state index in [1.165, 1.54) is 6.26 Å². The van der Waals surface area contributed by atoms with Gasteiger partial charge in [0.25, 0.3) is 0 Å². The van der Waals surface area contributed by atoms with Crippen molar-refractivity contribution in [3.05, 3.63) is 24.3 Å². The zero-order valence-electron chi connectivity index (χ0n) is 12.5. The highest BCUT2D eigenvalue weighted by Gasteiger charge is 2.25. The molecule has 1 aliphatic rings. The first-order chi connectivity index (χ1) is 9.75. The molecule has 2 amide bonds. The van der Waals surface area contributed by atoms with Gasteiger partial charge in [-0.15, -0.1) is 0 Å². The molecular weight excluding hydrogens is 306 g/mol. The maximum atomic E-state index is 12.3. The highest BCUT2D eigenvalue weighted by molar-refractivity contribution is 8.00. The molecule has 1 aromatic rings. The van der Waals surface area contributed by atoms with E-state index < -0.39 is 9.73 Å². The van der Waals surface area contributed by atoms with Gasteiger partial charge >= 0.3 is 6.03 Å². The molecule has 0 aromatic heterocycles. The molecule has 0 radical (unpaired) electrons. The number of amides is 2. The van der Waals surface area contributed by atoms with Crippen molar-refractivity contribution in [1.82, 2.24) is 4.90 Å². The van der Waals surface area contributed by atoms with Crippen LogP contribution in [0.2, 0.25) is 0 Å². The van der Waals surface area contributed by atoms with Gasteiger partial charge in [-0.1, -0.05) is 13.8 Å². The lowest BCUT2D eigenvalue weighted by atomic mass is 10.3. The fraction of sp³-hybridized carbons (Fsp3) is 0.500. The second-order valence-electron chi connectivity index (χ2n) is 5.46. The van der Waals surface area contributed by atoms with Gasteiger partial charge in [0, 0.05) is 40.4 Å². The van der Waals surface area contributed by atoms with Crippen LogP contribution in [0.1, 0.15) is 13.8 Å². The minimum Gasteiger partial charge on any atom is -0.322 e. The standard InChI is InChI=1S/C14H21N3O2S2/c1-10-8-17(9-11(2)20-10)14(18)16-12-4-6-13(7-5-12)21(3,15)19/h4-7,10-11,15H,8-9H2,1-3H3,(H,16,18). The maximum Gasteiger partial charge on any atom is 0.321 e. The summed E-state index contributed by atoms with van der Waals surface area (Å²) in [5, 5.41) is 3.73. The van der Waals surface area contributed by atoms with Gasteiger partial charge in [0.15, 0.2) is 0 Å². The Kier molecular flexibility index (Phi) is 4.83. The summed E-state index contributed by atoms with van der Waals surface area (Å²) in [5.41, 5.74) is 0.658. The lowest BCUT2D eigenvalue weighted by Crippen LogP contribution is -2.45. The molecule has 0 saturated carbocycles. The number of urea groups is 1. The number of rotatable bonds is 2. The van der Waals surface area contributed by atoms with E-state index in [9.17, 15) is 9.00 Å². The van der Waals surface area contributed by atoms with E-state index in [4.69, 9.17) is 4.78 Å². The molecule has 0 bridgehead atoms. The number of nitrogens with one attached hydrogen (secondary N) is 2. The Bertz CT molecular complexity index is 604. The Labute approximate surface area is 130 Å². The van der Waals surface area contributed by atoms with E-state index in [-0.39, 0.29) is 6.03 Å². The van der Waals surface area contributed by atoms with E-state index >= 15 is 0 Å². The predicted molar refractivity (Wildman–Crippen MR) is 88.6 cm³/mol. The molecule has 3 unspecified atom stereocenters. The van der Waals surface area contributed by atoms with E-state index in [0.29, 0.717) is 21.1 Å².